The molecule has 1 aliphatic carbocycles. The predicted molar refractivity (Wildman–Crippen MR) is 84.8 cm³/mol. The zero-order chi connectivity index (χ0) is 15.8. The van der Waals surface area contributed by atoms with Crippen molar-refractivity contribution in [2.75, 3.05) is 11.9 Å². The Balaban J connectivity index is 2.24. The molecular weight excluding hydrogens is 288 g/mol. The summed E-state index contributed by atoms with van der Waals surface area (Å²) >= 11 is 6.01. The highest BCUT2D eigenvalue weighted by Crippen LogP contribution is 2.30. The number of halogens is 1. The standard InChI is InChI=1S/C15H23ClN4O/c1-9(13(21)19-15(2,3)4)20(5)12-10-7-6-8-11(10)17-14(16)18-12/h9H,6-8H2,1-5H3,(H,19,21)/t9-/m1/s1. The van der Waals surface area contributed by atoms with Crippen molar-refractivity contribution in [3.05, 3.63) is 16.5 Å². The fourth-order valence-electron chi connectivity index (χ4n) is 2.51. The molecule has 5 nitrogen and oxygen atoms in total. The summed E-state index contributed by atoms with van der Waals surface area (Å²) in [6.07, 6.45) is 2.94. The van der Waals surface area contributed by atoms with Gasteiger partial charge in [-0.25, -0.2) is 9.97 Å². The normalized spacial score (nSPS) is 15.5. The van der Waals surface area contributed by atoms with Crippen LogP contribution in [0, 0.1) is 0 Å². The number of likely N-dealkylation sites (N-methyl/N-ethyl adjacent to an activating group) is 1. The summed E-state index contributed by atoms with van der Waals surface area (Å²) in [6.45, 7) is 7.78. The maximum absolute atomic E-state index is 12.3. The van der Waals surface area contributed by atoms with Crippen LogP contribution < -0.4 is 10.2 Å². The maximum Gasteiger partial charge on any atom is 0.242 e. The van der Waals surface area contributed by atoms with Crippen LogP contribution in [0.1, 0.15) is 45.4 Å². The summed E-state index contributed by atoms with van der Waals surface area (Å²) in [5.41, 5.74) is 1.88. The van der Waals surface area contributed by atoms with Gasteiger partial charge in [-0.3, -0.25) is 4.79 Å². The number of nitrogens with zero attached hydrogens (tertiary/aromatic N) is 3. The van der Waals surface area contributed by atoms with E-state index in [-0.39, 0.29) is 22.8 Å². The van der Waals surface area contributed by atoms with Crippen molar-refractivity contribution in [1.82, 2.24) is 15.3 Å². The Morgan fingerprint density at radius 1 is 1.33 bits per heavy atom. The van der Waals surface area contributed by atoms with Crippen LogP contribution in [-0.2, 0) is 17.6 Å². The molecule has 0 bridgehead atoms. The first-order chi connectivity index (χ1) is 9.69. The van der Waals surface area contributed by atoms with Crippen molar-refractivity contribution in [1.29, 1.82) is 0 Å². The number of fused-ring (bicyclic) bond motifs is 1. The van der Waals surface area contributed by atoms with Crippen molar-refractivity contribution in [3.8, 4) is 0 Å². The second kappa shape index (κ2) is 5.79. The lowest BCUT2D eigenvalue weighted by Crippen LogP contribution is -2.50. The lowest BCUT2D eigenvalue weighted by molar-refractivity contribution is -0.123. The van der Waals surface area contributed by atoms with Crippen LogP contribution in [0.2, 0.25) is 5.28 Å². The fraction of sp³-hybridized carbons (Fsp3) is 0.667. The quantitative estimate of drug-likeness (QED) is 0.871. The maximum atomic E-state index is 12.3. The number of aryl methyl sites for hydroxylation is 1. The third-order valence-electron chi connectivity index (χ3n) is 3.68. The first-order valence-corrected chi connectivity index (χ1v) is 7.67. The topological polar surface area (TPSA) is 58.1 Å². The third-order valence-corrected chi connectivity index (χ3v) is 3.85. The van der Waals surface area contributed by atoms with Gasteiger partial charge < -0.3 is 10.2 Å². The molecule has 0 fully saturated rings. The number of amides is 1. The van der Waals surface area contributed by atoms with Crippen molar-refractivity contribution < 1.29 is 4.79 Å². The molecule has 0 unspecified atom stereocenters. The Hall–Kier alpha value is -1.36. The number of hydrogen-bond donors (Lipinski definition) is 1. The zero-order valence-corrected chi connectivity index (χ0v) is 14.1. The molecule has 0 radical (unpaired) electrons. The van der Waals surface area contributed by atoms with Gasteiger partial charge in [-0.1, -0.05) is 0 Å². The Bertz CT molecular complexity index is 553. The molecule has 2 rings (SSSR count). The highest BCUT2D eigenvalue weighted by molar-refractivity contribution is 6.28. The lowest BCUT2D eigenvalue weighted by atomic mass is 10.1. The minimum absolute atomic E-state index is 0.0218. The van der Waals surface area contributed by atoms with Crippen LogP contribution in [0.5, 0.6) is 0 Å². The van der Waals surface area contributed by atoms with E-state index in [2.05, 4.69) is 15.3 Å². The molecule has 21 heavy (non-hydrogen) atoms. The van der Waals surface area contributed by atoms with E-state index in [0.717, 1.165) is 36.3 Å². The van der Waals surface area contributed by atoms with E-state index in [1.807, 2.05) is 39.6 Å². The molecule has 1 amide bonds. The Morgan fingerprint density at radius 3 is 2.62 bits per heavy atom. The average Bonchev–Trinajstić information content (AvgIpc) is 2.81. The van der Waals surface area contributed by atoms with Gasteiger partial charge in [-0.05, 0) is 58.6 Å². The third kappa shape index (κ3) is 3.64. The minimum atomic E-state index is -0.320. The number of anilines is 1. The highest BCUT2D eigenvalue weighted by Gasteiger charge is 2.27. The molecule has 1 atom stereocenters. The van der Waals surface area contributed by atoms with Crippen molar-refractivity contribution in [2.45, 2.75) is 58.5 Å². The van der Waals surface area contributed by atoms with Gasteiger partial charge in [0.2, 0.25) is 11.2 Å². The number of aromatic nitrogens is 2. The second-order valence-electron chi connectivity index (χ2n) is 6.62. The summed E-state index contributed by atoms with van der Waals surface area (Å²) in [5, 5.41) is 3.25. The van der Waals surface area contributed by atoms with Crippen LogP contribution in [0.4, 0.5) is 5.82 Å². The van der Waals surface area contributed by atoms with E-state index in [9.17, 15) is 4.79 Å². The molecule has 0 spiro atoms. The van der Waals surface area contributed by atoms with E-state index in [4.69, 9.17) is 11.6 Å². The second-order valence-corrected chi connectivity index (χ2v) is 6.96. The zero-order valence-electron chi connectivity index (χ0n) is 13.3. The number of rotatable bonds is 3. The van der Waals surface area contributed by atoms with Gasteiger partial charge in [0, 0.05) is 18.2 Å². The summed E-state index contributed by atoms with van der Waals surface area (Å²) in [6, 6.07) is -0.320. The minimum Gasteiger partial charge on any atom is -0.350 e. The van der Waals surface area contributed by atoms with Crippen LogP contribution in [0.15, 0.2) is 0 Å². The Kier molecular flexibility index (Phi) is 4.42. The molecule has 1 aromatic rings. The molecule has 1 N–H and O–H groups in total. The molecule has 1 aromatic heterocycles. The van der Waals surface area contributed by atoms with Crippen molar-refractivity contribution in [3.63, 3.8) is 0 Å². The Labute approximate surface area is 131 Å². The van der Waals surface area contributed by atoms with Gasteiger partial charge in [0.05, 0.1) is 5.69 Å². The summed E-state index contributed by atoms with van der Waals surface area (Å²) < 4.78 is 0. The summed E-state index contributed by atoms with van der Waals surface area (Å²) in [4.78, 5) is 22.8. The van der Waals surface area contributed by atoms with Gasteiger partial charge in [-0.2, -0.15) is 0 Å². The van der Waals surface area contributed by atoms with Gasteiger partial charge in [-0.15, -0.1) is 0 Å². The van der Waals surface area contributed by atoms with Gasteiger partial charge in [0.1, 0.15) is 11.9 Å². The van der Waals surface area contributed by atoms with Crippen LogP contribution in [0.25, 0.3) is 0 Å². The van der Waals surface area contributed by atoms with Gasteiger partial charge in [0.15, 0.2) is 0 Å². The molecular formula is C15H23ClN4O. The summed E-state index contributed by atoms with van der Waals surface area (Å²) in [7, 11) is 1.88. The first-order valence-electron chi connectivity index (χ1n) is 7.29. The molecule has 116 valence electrons. The monoisotopic (exact) mass is 310 g/mol. The largest absolute Gasteiger partial charge is 0.350 e. The number of nitrogens with one attached hydrogen (secondary N) is 1. The van der Waals surface area contributed by atoms with E-state index in [0.29, 0.717) is 0 Å². The first kappa shape index (κ1) is 16.0. The molecule has 6 heteroatoms. The average molecular weight is 311 g/mol. The lowest BCUT2D eigenvalue weighted by Gasteiger charge is -2.30. The smallest absolute Gasteiger partial charge is 0.242 e. The van der Waals surface area contributed by atoms with E-state index in [1.165, 1.54) is 0 Å². The number of carbonyl (C=O) groups is 1. The molecule has 1 heterocycles. The van der Waals surface area contributed by atoms with E-state index < -0.39 is 0 Å². The molecule has 0 saturated heterocycles. The molecule has 0 aliphatic heterocycles. The van der Waals surface area contributed by atoms with Gasteiger partial charge >= 0.3 is 0 Å². The van der Waals surface area contributed by atoms with Crippen LogP contribution >= 0.6 is 11.6 Å². The predicted octanol–water partition coefficient (Wildman–Crippen LogP) is 2.36. The highest BCUT2D eigenvalue weighted by atomic mass is 35.5. The molecule has 1 aliphatic rings. The van der Waals surface area contributed by atoms with E-state index >= 15 is 0 Å². The molecule has 0 aromatic carbocycles. The number of hydrogen-bond acceptors (Lipinski definition) is 4. The summed E-state index contributed by atoms with van der Waals surface area (Å²) in [5.74, 6) is 0.755. The van der Waals surface area contributed by atoms with Crippen LogP contribution in [-0.4, -0.2) is 34.5 Å². The van der Waals surface area contributed by atoms with Crippen molar-refractivity contribution in [2.24, 2.45) is 0 Å². The number of carbonyl (C=O) groups excluding carboxylic acids is 1. The van der Waals surface area contributed by atoms with Crippen molar-refractivity contribution >= 4 is 23.3 Å². The van der Waals surface area contributed by atoms with Gasteiger partial charge in [0.25, 0.3) is 0 Å². The fourth-order valence-corrected chi connectivity index (χ4v) is 2.69. The Morgan fingerprint density at radius 2 is 2.00 bits per heavy atom. The SMILES string of the molecule is C[C@H](C(=O)NC(C)(C)C)N(C)c1nc(Cl)nc2c1CCC2. The van der Waals surface area contributed by atoms with Crippen LogP contribution in [0.3, 0.4) is 0 Å². The van der Waals surface area contributed by atoms with E-state index in [1.54, 1.807) is 0 Å². The molecule has 0 saturated carbocycles.